The van der Waals surface area contributed by atoms with E-state index in [1.165, 1.54) is 0 Å². The van der Waals surface area contributed by atoms with Gasteiger partial charge in [0.2, 0.25) is 0 Å². The third kappa shape index (κ3) is 9.85. The highest BCUT2D eigenvalue weighted by Gasteiger charge is 2.48. The van der Waals surface area contributed by atoms with Gasteiger partial charge in [-0.05, 0) is 81.2 Å². The van der Waals surface area contributed by atoms with Crippen LogP contribution in [0.1, 0.15) is 173 Å². The van der Waals surface area contributed by atoms with Gasteiger partial charge in [0.1, 0.15) is 23.0 Å². The van der Waals surface area contributed by atoms with E-state index in [4.69, 9.17) is 18.8 Å². The van der Waals surface area contributed by atoms with Crippen LogP contribution in [0.25, 0.3) is 0 Å². The third-order valence-electron chi connectivity index (χ3n) is 12.3. The molecule has 0 heterocycles. The van der Waals surface area contributed by atoms with E-state index >= 15 is 0 Å². The molecule has 304 valence electrons. The van der Waals surface area contributed by atoms with Crippen LogP contribution in [0.5, 0.6) is 23.0 Å². The van der Waals surface area contributed by atoms with Gasteiger partial charge in [0.15, 0.2) is 0 Å². The van der Waals surface area contributed by atoms with Crippen LogP contribution in [0.2, 0.25) is 33.2 Å². The van der Waals surface area contributed by atoms with Crippen LogP contribution in [0, 0.1) is 0 Å². The second kappa shape index (κ2) is 17.7. The molecule has 1 saturated carbocycles. The number of nitrogens with zero attached hydrogens (tertiary/aromatic N) is 2. The van der Waals surface area contributed by atoms with Crippen molar-refractivity contribution in [1.82, 2.24) is 0 Å². The SMILES string of the molecule is CC(C)[Si](Oc1cc(C=N[C@H]2CCCC[C@@H]2N=Cc2cc(O[Si](C(C)C)(C(C)C)C(C)C)cc(C(C)(C)C)c2O)c(O)c(C(C)(C)C)c1)(C(C)C)C(C)C. The zero-order chi connectivity index (χ0) is 41.1. The molecule has 0 amide bonds. The van der Waals surface area contributed by atoms with Crippen LogP contribution in [0.4, 0.5) is 0 Å². The second-order valence-electron chi connectivity index (χ2n) is 20.1. The van der Waals surface area contributed by atoms with E-state index in [2.05, 4.69) is 137 Å². The van der Waals surface area contributed by atoms with Crippen LogP contribution >= 0.6 is 0 Å². The monoisotopic (exact) mass is 779 g/mol. The van der Waals surface area contributed by atoms with Crippen molar-refractivity contribution in [3.63, 3.8) is 0 Å². The molecule has 1 aliphatic carbocycles. The summed E-state index contributed by atoms with van der Waals surface area (Å²) in [6.45, 7) is 40.4. The summed E-state index contributed by atoms with van der Waals surface area (Å²) in [6, 6.07) is 8.02. The molecule has 8 heteroatoms. The molecular formula is C46H78N2O4Si2. The van der Waals surface area contributed by atoms with Gasteiger partial charge in [0.05, 0.1) is 12.1 Å². The number of phenolic OH excluding ortho intramolecular Hbond substituents is 2. The Balaban J connectivity index is 2.09. The van der Waals surface area contributed by atoms with Crippen LogP contribution in [-0.2, 0) is 10.8 Å². The predicted octanol–water partition coefficient (Wildman–Crippen LogP) is 13.7. The van der Waals surface area contributed by atoms with Gasteiger partial charge in [-0.2, -0.15) is 0 Å². The van der Waals surface area contributed by atoms with Crippen LogP contribution < -0.4 is 8.85 Å². The molecule has 54 heavy (non-hydrogen) atoms. The Bertz CT molecular complexity index is 1450. The molecule has 1 aliphatic rings. The molecule has 0 radical (unpaired) electrons. The molecule has 2 N–H and O–H groups in total. The molecule has 0 spiro atoms. The lowest BCUT2D eigenvalue weighted by molar-refractivity contribution is 0.389. The first-order valence-electron chi connectivity index (χ1n) is 21.0. The molecule has 1 fully saturated rings. The number of hydrogen-bond acceptors (Lipinski definition) is 6. The summed E-state index contributed by atoms with van der Waals surface area (Å²) in [5.74, 6) is 2.18. The number of aromatic hydroxyl groups is 2. The van der Waals surface area contributed by atoms with Gasteiger partial charge in [0.25, 0.3) is 16.6 Å². The number of aliphatic imine (C=N–C) groups is 2. The lowest BCUT2D eigenvalue weighted by Gasteiger charge is -2.42. The van der Waals surface area contributed by atoms with E-state index < -0.39 is 16.6 Å². The molecule has 2 aromatic rings. The topological polar surface area (TPSA) is 83.6 Å². The van der Waals surface area contributed by atoms with Crippen molar-refractivity contribution < 1.29 is 19.1 Å². The Labute approximate surface area is 333 Å². The van der Waals surface area contributed by atoms with Crippen molar-refractivity contribution in [3.8, 4) is 23.0 Å². The molecule has 0 saturated heterocycles. The minimum absolute atomic E-state index is 0.0425. The Kier molecular flexibility index (Phi) is 15.0. The van der Waals surface area contributed by atoms with Crippen molar-refractivity contribution in [1.29, 1.82) is 0 Å². The van der Waals surface area contributed by atoms with Crippen molar-refractivity contribution in [2.75, 3.05) is 0 Å². The highest BCUT2D eigenvalue weighted by Crippen LogP contribution is 2.46. The maximum Gasteiger partial charge on any atom is 0.258 e. The molecule has 0 aromatic heterocycles. The Hall–Kier alpha value is -2.59. The molecule has 0 unspecified atom stereocenters. The van der Waals surface area contributed by atoms with Gasteiger partial charge in [-0.25, -0.2) is 0 Å². The first-order chi connectivity index (χ1) is 24.8. The minimum atomic E-state index is -2.23. The fraction of sp³-hybridized carbons (Fsp3) is 0.696. The summed E-state index contributed by atoms with van der Waals surface area (Å²) in [6.07, 6.45) is 7.71. The summed E-state index contributed by atoms with van der Waals surface area (Å²) in [4.78, 5) is 10.3. The maximum absolute atomic E-state index is 11.7. The first kappa shape index (κ1) is 45.8. The predicted molar refractivity (Wildman–Crippen MR) is 238 cm³/mol. The fourth-order valence-electron chi connectivity index (χ4n) is 9.62. The van der Waals surface area contributed by atoms with E-state index in [0.717, 1.165) is 48.3 Å². The Morgan fingerprint density at radius 2 is 0.815 bits per heavy atom. The standard InChI is InChI=1S/C46H78N2O4Si2/c1-29(2)53(30(3)4,31(5)6)51-37-23-35(43(49)39(25-37)45(13,14)15)27-47-41-21-19-20-22-42(41)48-28-36-24-38(26-40(44(36)50)46(16,17)18)52-54(32(7)8,33(9)10)34(11)12/h23-34,41-42,49-50H,19-22H2,1-18H3/t41-,42-/m0/s1. The number of hydrogen-bond donors (Lipinski definition) is 2. The van der Waals surface area contributed by atoms with E-state index in [1.807, 2.05) is 24.6 Å². The smallest absolute Gasteiger partial charge is 0.258 e. The zero-order valence-corrected chi connectivity index (χ0v) is 39.5. The minimum Gasteiger partial charge on any atom is -0.543 e. The number of rotatable bonds is 14. The average molecular weight is 779 g/mol. The van der Waals surface area contributed by atoms with Crippen molar-refractivity contribution in [3.05, 3.63) is 46.5 Å². The van der Waals surface area contributed by atoms with Gasteiger partial charge in [-0.3, -0.25) is 9.98 Å². The third-order valence-corrected chi connectivity index (χ3v) is 24.4. The second-order valence-corrected chi connectivity index (χ2v) is 30.9. The zero-order valence-electron chi connectivity index (χ0n) is 37.5. The fourth-order valence-corrected chi connectivity index (χ4v) is 20.1. The van der Waals surface area contributed by atoms with Gasteiger partial charge >= 0.3 is 0 Å². The molecule has 2 atom stereocenters. The lowest BCUT2D eigenvalue weighted by atomic mass is 9.85. The van der Waals surface area contributed by atoms with Crippen LogP contribution in [0.3, 0.4) is 0 Å². The summed E-state index contributed by atoms with van der Waals surface area (Å²) >= 11 is 0. The van der Waals surface area contributed by atoms with Gasteiger partial charge in [-0.1, -0.05) is 137 Å². The Morgan fingerprint density at radius 3 is 1.06 bits per heavy atom. The highest BCUT2D eigenvalue weighted by atomic mass is 28.4. The van der Waals surface area contributed by atoms with Gasteiger partial charge in [0, 0.05) is 34.7 Å². The highest BCUT2D eigenvalue weighted by molar-refractivity contribution is 6.78. The number of phenols is 2. The van der Waals surface area contributed by atoms with Crippen LogP contribution in [0.15, 0.2) is 34.3 Å². The quantitative estimate of drug-likeness (QED) is 0.148. The normalized spacial score (nSPS) is 18.1. The molecule has 0 bridgehead atoms. The number of benzene rings is 2. The molecular weight excluding hydrogens is 701 g/mol. The molecule has 0 aliphatic heterocycles. The summed E-state index contributed by atoms with van der Waals surface area (Å²) in [7, 11) is -4.46. The summed E-state index contributed by atoms with van der Waals surface area (Å²) in [5, 5.41) is 23.3. The van der Waals surface area contributed by atoms with E-state index in [-0.39, 0.29) is 34.4 Å². The maximum atomic E-state index is 11.7. The van der Waals surface area contributed by atoms with Gasteiger partial charge < -0.3 is 19.1 Å². The average Bonchev–Trinajstić information content (AvgIpc) is 3.04. The van der Waals surface area contributed by atoms with Gasteiger partial charge in [-0.15, -0.1) is 0 Å². The lowest BCUT2D eigenvalue weighted by Crippen LogP contribution is -2.50. The van der Waals surface area contributed by atoms with E-state index in [9.17, 15) is 10.2 Å². The molecule has 2 aromatic carbocycles. The van der Waals surface area contributed by atoms with Crippen molar-refractivity contribution in [2.45, 2.75) is 206 Å². The molecule has 3 rings (SSSR count). The summed E-state index contributed by atoms with van der Waals surface area (Å²) in [5.41, 5.74) is 5.12. The largest absolute Gasteiger partial charge is 0.543 e. The Morgan fingerprint density at radius 1 is 0.537 bits per heavy atom. The molecule has 6 nitrogen and oxygen atoms in total. The van der Waals surface area contributed by atoms with Crippen molar-refractivity contribution in [2.24, 2.45) is 9.98 Å². The van der Waals surface area contributed by atoms with Crippen LogP contribution in [-0.4, -0.2) is 51.4 Å². The summed E-state index contributed by atoms with van der Waals surface area (Å²) < 4.78 is 14.3. The first-order valence-corrected chi connectivity index (χ1v) is 25.3. The van der Waals surface area contributed by atoms with E-state index in [0.29, 0.717) is 44.4 Å². The van der Waals surface area contributed by atoms with E-state index in [1.54, 1.807) is 0 Å². The van der Waals surface area contributed by atoms with Crippen molar-refractivity contribution >= 4 is 29.1 Å².